The minimum absolute atomic E-state index is 0.713. The van der Waals surface area contributed by atoms with Crippen LogP contribution in [-0.2, 0) is 0 Å². The molecule has 0 spiro atoms. The molecule has 0 saturated heterocycles. The summed E-state index contributed by atoms with van der Waals surface area (Å²) in [4.78, 5) is 8.53. The lowest BCUT2D eigenvalue weighted by molar-refractivity contribution is 0.568. The molecule has 1 N–H and O–H groups in total. The second-order valence-electron chi connectivity index (χ2n) is 3.93. The molecule has 0 saturated carbocycles. The molecule has 0 radical (unpaired) electrons. The maximum absolute atomic E-state index is 4.33. The molecule has 0 aliphatic carbocycles. The fourth-order valence-electron chi connectivity index (χ4n) is 1.10. The molecule has 0 bridgehead atoms. The van der Waals surface area contributed by atoms with Crippen molar-refractivity contribution in [2.75, 3.05) is 18.8 Å². The molecule has 1 heterocycles. The Bertz CT molecular complexity index is 289. The Labute approximate surface area is 96.1 Å². The van der Waals surface area contributed by atoms with E-state index in [0.717, 1.165) is 29.7 Å². The van der Waals surface area contributed by atoms with E-state index in [4.69, 9.17) is 0 Å². The summed E-state index contributed by atoms with van der Waals surface area (Å²) in [6.45, 7) is 8.51. The van der Waals surface area contributed by atoms with Gasteiger partial charge in [0.1, 0.15) is 0 Å². The molecule has 1 aromatic heterocycles. The van der Waals surface area contributed by atoms with Gasteiger partial charge in [-0.25, -0.2) is 9.97 Å². The number of aryl methyl sites for hydroxylation is 1. The predicted molar refractivity (Wildman–Crippen MR) is 65.2 cm³/mol. The van der Waals surface area contributed by atoms with Gasteiger partial charge in [0.15, 0.2) is 5.16 Å². The molecule has 0 unspecified atom stereocenters. The van der Waals surface area contributed by atoms with Gasteiger partial charge in [-0.1, -0.05) is 25.6 Å². The molecular weight excluding hydrogens is 206 g/mol. The molecule has 84 valence electrons. The van der Waals surface area contributed by atoms with Gasteiger partial charge in [-0.15, -0.1) is 0 Å². The summed E-state index contributed by atoms with van der Waals surface area (Å²) < 4.78 is 0. The Morgan fingerprint density at radius 3 is 2.93 bits per heavy atom. The van der Waals surface area contributed by atoms with Gasteiger partial charge in [0.2, 0.25) is 0 Å². The second kappa shape index (κ2) is 6.80. The van der Waals surface area contributed by atoms with Crippen molar-refractivity contribution >= 4 is 11.8 Å². The Balaban J connectivity index is 2.15. The molecule has 0 atom stereocenters. The van der Waals surface area contributed by atoms with Crippen molar-refractivity contribution in [2.24, 2.45) is 5.92 Å². The van der Waals surface area contributed by atoms with Crippen LogP contribution in [0.4, 0.5) is 0 Å². The van der Waals surface area contributed by atoms with E-state index in [1.807, 2.05) is 19.2 Å². The molecular formula is C11H19N3S. The van der Waals surface area contributed by atoms with Crippen molar-refractivity contribution < 1.29 is 0 Å². The van der Waals surface area contributed by atoms with E-state index < -0.39 is 0 Å². The maximum Gasteiger partial charge on any atom is 0.187 e. The van der Waals surface area contributed by atoms with E-state index in [1.165, 1.54) is 0 Å². The van der Waals surface area contributed by atoms with Gasteiger partial charge in [0.05, 0.1) is 0 Å². The summed E-state index contributed by atoms with van der Waals surface area (Å²) in [7, 11) is 0. The molecule has 0 aliphatic heterocycles. The number of hydrogen-bond donors (Lipinski definition) is 1. The number of thioether (sulfide) groups is 1. The smallest absolute Gasteiger partial charge is 0.187 e. The minimum Gasteiger partial charge on any atom is -0.316 e. The van der Waals surface area contributed by atoms with E-state index in [9.17, 15) is 0 Å². The lowest BCUT2D eigenvalue weighted by atomic mass is 10.2. The lowest BCUT2D eigenvalue weighted by Crippen LogP contribution is -2.22. The largest absolute Gasteiger partial charge is 0.316 e. The standard InChI is InChI=1S/C11H19N3S/c1-9(2)8-12-6-7-15-11-13-5-4-10(3)14-11/h4-5,9,12H,6-8H2,1-3H3. The fourth-order valence-corrected chi connectivity index (χ4v) is 1.87. The Morgan fingerprint density at radius 1 is 1.47 bits per heavy atom. The SMILES string of the molecule is Cc1ccnc(SCCNCC(C)C)n1. The highest BCUT2D eigenvalue weighted by Gasteiger charge is 1.97. The first-order chi connectivity index (χ1) is 7.18. The highest BCUT2D eigenvalue weighted by Crippen LogP contribution is 2.10. The number of hydrogen-bond acceptors (Lipinski definition) is 4. The van der Waals surface area contributed by atoms with Crippen LogP contribution in [-0.4, -0.2) is 28.8 Å². The fraction of sp³-hybridized carbons (Fsp3) is 0.636. The molecule has 4 heteroatoms. The van der Waals surface area contributed by atoms with Crippen LogP contribution in [0.5, 0.6) is 0 Å². The predicted octanol–water partition coefficient (Wildman–Crippen LogP) is 2.12. The van der Waals surface area contributed by atoms with Crippen molar-refractivity contribution in [1.29, 1.82) is 0 Å². The van der Waals surface area contributed by atoms with Crippen LogP contribution in [0.3, 0.4) is 0 Å². The monoisotopic (exact) mass is 225 g/mol. The van der Waals surface area contributed by atoms with Gasteiger partial charge < -0.3 is 5.32 Å². The number of nitrogens with one attached hydrogen (secondary N) is 1. The highest BCUT2D eigenvalue weighted by atomic mass is 32.2. The summed E-state index contributed by atoms with van der Waals surface area (Å²) >= 11 is 1.70. The van der Waals surface area contributed by atoms with E-state index in [-0.39, 0.29) is 0 Å². The van der Waals surface area contributed by atoms with Crippen LogP contribution < -0.4 is 5.32 Å². The van der Waals surface area contributed by atoms with E-state index >= 15 is 0 Å². The van der Waals surface area contributed by atoms with Crippen LogP contribution in [0.15, 0.2) is 17.4 Å². The Morgan fingerprint density at radius 2 is 2.27 bits per heavy atom. The number of rotatable bonds is 6. The summed E-state index contributed by atoms with van der Waals surface area (Å²) in [5.41, 5.74) is 1.03. The number of aromatic nitrogens is 2. The minimum atomic E-state index is 0.713. The maximum atomic E-state index is 4.33. The van der Waals surface area contributed by atoms with Crippen LogP contribution in [0.1, 0.15) is 19.5 Å². The van der Waals surface area contributed by atoms with Gasteiger partial charge >= 0.3 is 0 Å². The van der Waals surface area contributed by atoms with Gasteiger partial charge in [0.25, 0.3) is 0 Å². The van der Waals surface area contributed by atoms with E-state index in [0.29, 0.717) is 5.92 Å². The van der Waals surface area contributed by atoms with Gasteiger partial charge in [-0.2, -0.15) is 0 Å². The molecule has 1 aromatic rings. The zero-order valence-corrected chi connectivity index (χ0v) is 10.5. The van der Waals surface area contributed by atoms with Crippen molar-refractivity contribution in [2.45, 2.75) is 25.9 Å². The average molecular weight is 225 g/mol. The van der Waals surface area contributed by atoms with Gasteiger partial charge in [0, 0.05) is 24.2 Å². The van der Waals surface area contributed by atoms with Crippen LogP contribution in [0, 0.1) is 12.8 Å². The average Bonchev–Trinajstić information content (AvgIpc) is 2.17. The Kier molecular flexibility index (Phi) is 5.65. The lowest BCUT2D eigenvalue weighted by Gasteiger charge is -2.06. The van der Waals surface area contributed by atoms with E-state index in [1.54, 1.807) is 11.8 Å². The zero-order valence-electron chi connectivity index (χ0n) is 9.66. The summed E-state index contributed by atoms with van der Waals surface area (Å²) in [6.07, 6.45) is 1.81. The van der Waals surface area contributed by atoms with Crippen LogP contribution in [0.25, 0.3) is 0 Å². The summed E-state index contributed by atoms with van der Waals surface area (Å²) in [5.74, 6) is 1.74. The first-order valence-corrected chi connectivity index (χ1v) is 6.30. The Hall–Kier alpha value is -0.610. The third-order valence-electron chi connectivity index (χ3n) is 1.84. The zero-order chi connectivity index (χ0) is 11.1. The van der Waals surface area contributed by atoms with E-state index in [2.05, 4.69) is 29.1 Å². The number of nitrogens with zero attached hydrogens (tertiary/aromatic N) is 2. The van der Waals surface area contributed by atoms with Crippen molar-refractivity contribution in [1.82, 2.24) is 15.3 Å². The van der Waals surface area contributed by atoms with Crippen molar-refractivity contribution in [3.63, 3.8) is 0 Å². The molecule has 3 nitrogen and oxygen atoms in total. The van der Waals surface area contributed by atoms with Crippen LogP contribution >= 0.6 is 11.8 Å². The first-order valence-electron chi connectivity index (χ1n) is 5.31. The molecule has 15 heavy (non-hydrogen) atoms. The summed E-state index contributed by atoms with van der Waals surface area (Å²) in [5, 5.41) is 4.27. The second-order valence-corrected chi connectivity index (χ2v) is 4.99. The molecule has 0 aromatic carbocycles. The van der Waals surface area contributed by atoms with Crippen molar-refractivity contribution in [3.05, 3.63) is 18.0 Å². The molecule has 0 fully saturated rings. The van der Waals surface area contributed by atoms with Crippen molar-refractivity contribution in [3.8, 4) is 0 Å². The third-order valence-corrected chi connectivity index (χ3v) is 2.70. The van der Waals surface area contributed by atoms with Crippen LogP contribution in [0.2, 0.25) is 0 Å². The quantitative estimate of drug-likeness (QED) is 0.457. The van der Waals surface area contributed by atoms with Gasteiger partial charge in [-0.05, 0) is 25.5 Å². The molecule has 1 rings (SSSR count). The van der Waals surface area contributed by atoms with Gasteiger partial charge in [-0.3, -0.25) is 0 Å². The topological polar surface area (TPSA) is 37.8 Å². The third kappa shape index (κ3) is 5.74. The highest BCUT2D eigenvalue weighted by molar-refractivity contribution is 7.99. The molecule has 0 amide bonds. The normalized spacial score (nSPS) is 10.9. The summed E-state index contributed by atoms with van der Waals surface area (Å²) in [6, 6.07) is 1.92. The first kappa shape index (κ1) is 12.5. The molecule has 0 aliphatic rings.